The van der Waals surface area contributed by atoms with Crippen LogP contribution in [0.5, 0.6) is 5.88 Å². The molecule has 0 unspecified atom stereocenters. The Morgan fingerprint density at radius 1 is 1.10 bits per heavy atom. The van der Waals surface area contributed by atoms with E-state index in [0.717, 1.165) is 5.56 Å². The van der Waals surface area contributed by atoms with Gasteiger partial charge in [-0.05, 0) is 21.5 Å². The van der Waals surface area contributed by atoms with E-state index in [1.54, 1.807) is 6.20 Å². The first kappa shape index (κ1) is 13.6. The highest BCUT2D eigenvalue weighted by Crippen LogP contribution is 2.32. The summed E-state index contributed by atoms with van der Waals surface area (Å²) in [5.74, 6) is 0.741. The first-order valence-corrected chi connectivity index (χ1v) is 6.98. The molecule has 0 saturated carbocycles. The van der Waals surface area contributed by atoms with E-state index in [-0.39, 0.29) is 11.8 Å². The van der Waals surface area contributed by atoms with Gasteiger partial charge in [-0.2, -0.15) is 4.98 Å². The van der Waals surface area contributed by atoms with Gasteiger partial charge >= 0.3 is 0 Å². The maximum absolute atomic E-state index is 5.92. The van der Waals surface area contributed by atoms with E-state index >= 15 is 0 Å². The highest BCUT2D eigenvalue weighted by Gasteiger charge is 2.14. The molecule has 2 aromatic heterocycles. The van der Waals surface area contributed by atoms with Crippen LogP contribution in [0.15, 0.2) is 41.0 Å². The van der Waals surface area contributed by atoms with Crippen LogP contribution in [-0.2, 0) is 6.61 Å². The Labute approximate surface area is 129 Å². The molecule has 0 aliphatic rings. The lowest BCUT2D eigenvalue weighted by Crippen LogP contribution is -2.04. The van der Waals surface area contributed by atoms with Gasteiger partial charge < -0.3 is 16.2 Å². The van der Waals surface area contributed by atoms with E-state index in [2.05, 4.69) is 30.9 Å². The van der Waals surface area contributed by atoms with Gasteiger partial charge in [0.2, 0.25) is 11.8 Å². The Morgan fingerprint density at radius 2 is 1.86 bits per heavy atom. The van der Waals surface area contributed by atoms with Gasteiger partial charge in [0.25, 0.3) is 0 Å². The number of anilines is 2. The molecule has 2 heterocycles. The number of ether oxygens (including phenoxy) is 1. The van der Waals surface area contributed by atoms with Crippen molar-refractivity contribution in [3.05, 3.63) is 46.6 Å². The average Bonchev–Trinajstić information content (AvgIpc) is 2.48. The normalized spacial score (nSPS) is 10.7. The maximum Gasteiger partial charge on any atom is 0.227 e. The van der Waals surface area contributed by atoms with Crippen LogP contribution in [0, 0.1) is 0 Å². The topological polar surface area (TPSA) is 99.9 Å². The number of hydrogen-bond acceptors (Lipinski definition) is 6. The molecule has 0 atom stereocenters. The van der Waals surface area contributed by atoms with Crippen molar-refractivity contribution in [3.63, 3.8) is 0 Å². The largest absolute Gasteiger partial charge is 0.472 e. The van der Waals surface area contributed by atoms with Crippen LogP contribution >= 0.6 is 15.9 Å². The summed E-state index contributed by atoms with van der Waals surface area (Å²) in [5.41, 5.74) is 13.2. The minimum absolute atomic E-state index is 0.112. The molecular formula is C14H12BrN5O. The quantitative estimate of drug-likeness (QED) is 0.756. The van der Waals surface area contributed by atoms with Gasteiger partial charge in [0.05, 0.1) is 9.99 Å². The first-order valence-electron chi connectivity index (χ1n) is 6.19. The molecule has 0 radical (unpaired) electrons. The third-order valence-corrected chi connectivity index (χ3v) is 3.49. The smallest absolute Gasteiger partial charge is 0.227 e. The second kappa shape index (κ2) is 5.53. The van der Waals surface area contributed by atoms with Crippen molar-refractivity contribution in [1.29, 1.82) is 0 Å². The molecule has 6 nitrogen and oxygen atoms in total. The van der Waals surface area contributed by atoms with Crippen molar-refractivity contribution < 1.29 is 4.74 Å². The molecule has 3 aromatic rings. The van der Waals surface area contributed by atoms with Gasteiger partial charge in [0.1, 0.15) is 17.8 Å². The number of pyridine rings is 1. The third kappa shape index (κ3) is 2.73. The van der Waals surface area contributed by atoms with E-state index < -0.39 is 0 Å². The standard InChI is InChI=1S/C14H12BrN5O/c15-9-6-18-13(21-7-8-4-2-1-3-5-8)10-11(9)19-14(17)20-12(10)16/h1-6H,7H2,(H4,16,17,19,20). The molecule has 0 aliphatic heterocycles. The van der Waals surface area contributed by atoms with E-state index in [1.807, 2.05) is 30.3 Å². The van der Waals surface area contributed by atoms with E-state index in [9.17, 15) is 0 Å². The van der Waals surface area contributed by atoms with Crippen molar-refractivity contribution >= 4 is 38.6 Å². The minimum Gasteiger partial charge on any atom is -0.472 e. The second-order valence-corrected chi connectivity index (χ2v) is 5.23. The van der Waals surface area contributed by atoms with Crippen LogP contribution < -0.4 is 16.2 Å². The summed E-state index contributed by atoms with van der Waals surface area (Å²) >= 11 is 3.38. The monoisotopic (exact) mass is 345 g/mol. The molecule has 0 amide bonds. The van der Waals surface area contributed by atoms with Gasteiger partial charge in [-0.25, -0.2) is 9.97 Å². The second-order valence-electron chi connectivity index (χ2n) is 4.38. The molecule has 0 fully saturated rings. The molecule has 0 spiro atoms. The fraction of sp³-hybridized carbons (Fsp3) is 0.0714. The molecule has 1 aromatic carbocycles. The minimum atomic E-state index is 0.112. The summed E-state index contributed by atoms with van der Waals surface area (Å²) in [4.78, 5) is 12.4. The molecule has 0 aliphatic carbocycles. The van der Waals surface area contributed by atoms with Gasteiger partial charge in [-0.3, -0.25) is 0 Å². The number of rotatable bonds is 3. The summed E-state index contributed by atoms with van der Waals surface area (Å²) in [7, 11) is 0. The molecule has 0 bridgehead atoms. The molecule has 7 heteroatoms. The Hall–Kier alpha value is -2.41. The van der Waals surface area contributed by atoms with Crippen LogP contribution in [0.25, 0.3) is 10.9 Å². The third-order valence-electron chi connectivity index (χ3n) is 2.91. The zero-order valence-corrected chi connectivity index (χ0v) is 12.5. The molecule has 3 rings (SSSR count). The van der Waals surface area contributed by atoms with Crippen LogP contribution in [0.3, 0.4) is 0 Å². The number of nitrogens with two attached hydrogens (primary N) is 2. The SMILES string of the molecule is Nc1nc(N)c2c(OCc3ccccc3)ncc(Br)c2n1. The van der Waals surface area contributed by atoms with Crippen LogP contribution in [0.1, 0.15) is 5.56 Å². The van der Waals surface area contributed by atoms with Gasteiger partial charge in [0.15, 0.2) is 0 Å². The van der Waals surface area contributed by atoms with E-state index in [4.69, 9.17) is 16.2 Å². The lowest BCUT2D eigenvalue weighted by Gasteiger charge is -2.10. The number of benzene rings is 1. The van der Waals surface area contributed by atoms with Gasteiger partial charge in [-0.1, -0.05) is 30.3 Å². The molecule has 4 N–H and O–H groups in total. The van der Waals surface area contributed by atoms with Gasteiger partial charge in [-0.15, -0.1) is 0 Å². The predicted octanol–water partition coefficient (Wildman–Crippen LogP) is 2.53. The first-order chi connectivity index (χ1) is 10.1. The summed E-state index contributed by atoms with van der Waals surface area (Å²) in [6.45, 7) is 0.383. The summed E-state index contributed by atoms with van der Waals surface area (Å²) < 4.78 is 6.43. The Balaban J connectivity index is 2.01. The summed E-state index contributed by atoms with van der Waals surface area (Å²) in [6.07, 6.45) is 1.61. The van der Waals surface area contributed by atoms with Crippen LogP contribution in [-0.4, -0.2) is 15.0 Å². The maximum atomic E-state index is 5.92. The molecular weight excluding hydrogens is 334 g/mol. The average molecular weight is 346 g/mol. The Kier molecular flexibility index (Phi) is 3.57. The van der Waals surface area contributed by atoms with Gasteiger partial charge in [0, 0.05) is 6.20 Å². The highest BCUT2D eigenvalue weighted by atomic mass is 79.9. The lowest BCUT2D eigenvalue weighted by atomic mass is 10.2. The Bertz CT molecular complexity index is 794. The van der Waals surface area contributed by atoms with Crippen molar-refractivity contribution in [2.75, 3.05) is 11.5 Å². The van der Waals surface area contributed by atoms with Crippen molar-refractivity contribution in [2.24, 2.45) is 0 Å². The number of nitrogens with zero attached hydrogens (tertiary/aromatic N) is 3. The summed E-state index contributed by atoms with van der Waals surface area (Å²) in [6, 6.07) is 9.79. The number of hydrogen-bond donors (Lipinski definition) is 2. The van der Waals surface area contributed by atoms with E-state index in [1.165, 1.54) is 0 Å². The summed E-state index contributed by atoms with van der Waals surface area (Å²) in [5, 5.41) is 0.550. The van der Waals surface area contributed by atoms with Crippen molar-refractivity contribution in [1.82, 2.24) is 15.0 Å². The fourth-order valence-corrected chi connectivity index (χ4v) is 2.35. The number of fused-ring (bicyclic) bond motifs is 1. The van der Waals surface area contributed by atoms with Crippen LogP contribution in [0.4, 0.5) is 11.8 Å². The molecule has 106 valence electrons. The fourth-order valence-electron chi connectivity index (χ4n) is 1.96. The number of nitrogen functional groups attached to an aromatic ring is 2. The Morgan fingerprint density at radius 3 is 2.62 bits per heavy atom. The zero-order chi connectivity index (χ0) is 14.8. The molecule has 0 saturated heterocycles. The predicted molar refractivity (Wildman–Crippen MR) is 84.6 cm³/mol. The van der Waals surface area contributed by atoms with E-state index in [0.29, 0.717) is 27.9 Å². The number of aromatic nitrogens is 3. The number of halogens is 1. The zero-order valence-electron chi connectivity index (χ0n) is 11.0. The lowest BCUT2D eigenvalue weighted by molar-refractivity contribution is 0.298. The van der Waals surface area contributed by atoms with Crippen molar-refractivity contribution in [2.45, 2.75) is 6.61 Å². The molecule has 21 heavy (non-hydrogen) atoms. The highest BCUT2D eigenvalue weighted by molar-refractivity contribution is 9.10. The van der Waals surface area contributed by atoms with Crippen molar-refractivity contribution in [3.8, 4) is 5.88 Å². The van der Waals surface area contributed by atoms with Crippen LogP contribution in [0.2, 0.25) is 0 Å².